The van der Waals surface area contributed by atoms with Crippen molar-refractivity contribution in [3.63, 3.8) is 0 Å². The van der Waals surface area contributed by atoms with Gasteiger partial charge in [-0.1, -0.05) is 41.9 Å². The van der Waals surface area contributed by atoms with E-state index in [0.29, 0.717) is 17.3 Å². The Morgan fingerprint density at radius 3 is 2.50 bits per heavy atom. The van der Waals surface area contributed by atoms with Crippen molar-refractivity contribution < 1.29 is 0 Å². The highest BCUT2D eigenvalue weighted by atomic mass is 35.5. The van der Waals surface area contributed by atoms with Crippen LogP contribution in [0.25, 0.3) is 10.9 Å². The Balaban J connectivity index is 2.28. The van der Waals surface area contributed by atoms with E-state index >= 15 is 0 Å². The zero-order valence-corrected chi connectivity index (χ0v) is 13.7. The predicted octanol–water partition coefficient (Wildman–Crippen LogP) is 5.14. The van der Waals surface area contributed by atoms with E-state index in [9.17, 15) is 5.26 Å². The van der Waals surface area contributed by atoms with Gasteiger partial charge in [0.2, 0.25) is 0 Å². The van der Waals surface area contributed by atoms with Gasteiger partial charge in [0.15, 0.2) is 0 Å². The maximum Gasteiger partial charge on any atom is 0.128 e. The topological polar surface area (TPSA) is 28.7 Å². The van der Waals surface area contributed by atoms with Crippen molar-refractivity contribution in [3.8, 4) is 6.07 Å². The number of fused-ring (bicyclic) bond motifs is 1. The van der Waals surface area contributed by atoms with Crippen LogP contribution in [0, 0.1) is 32.1 Å². The molecule has 3 aromatic rings. The lowest BCUT2D eigenvalue weighted by Gasteiger charge is -2.10. The van der Waals surface area contributed by atoms with Crippen LogP contribution in [0.15, 0.2) is 36.4 Å². The van der Waals surface area contributed by atoms with Gasteiger partial charge in [0.25, 0.3) is 0 Å². The lowest BCUT2D eigenvalue weighted by molar-refractivity contribution is 0.830. The van der Waals surface area contributed by atoms with Gasteiger partial charge in [-0.2, -0.15) is 5.26 Å². The van der Waals surface area contributed by atoms with Gasteiger partial charge in [-0.15, -0.1) is 0 Å². The molecule has 0 aliphatic carbocycles. The van der Waals surface area contributed by atoms with E-state index in [0.717, 1.165) is 16.5 Å². The van der Waals surface area contributed by atoms with Gasteiger partial charge in [-0.05, 0) is 49.1 Å². The first-order valence-electron chi connectivity index (χ1n) is 7.26. The number of aromatic nitrogens is 1. The van der Waals surface area contributed by atoms with Crippen molar-refractivity contribution in [1.82, 2.24) is 4.57 Å². The quantitative estimate of drug-likeness (QED) is 0.644. The molecule has 0 saturated carbocycles. The minimum absolute atomic E-state index is 0.523. The van der Waals surface area contributed by atoms with E-state index in [1.54, 1.807) is 0 Å². The molecule has 0 bridgehead atoms. The Kier molecular flexibility index (Phi) is 3.68. The molecule has 1 heterocycles. The Morgan fingerprint density at radius 2 is 1.82 bits per heavy atom. The molecule has 0 N–H and O–H groups in total. The molecule has 0 unspecified atom stereocenters. The summed E-state index contributed by atoms with van der Waals surface area (Å²) in [4.78, 5) is 0. The van der Waals surface area contributed by atoms with E-state index in [4.69, 9.17) is 11.6 Å². The molecule has 0 amide bonds. The maximum atomic E-state index is 9.50. The minimum atomic E-state index is 0.523. The van der Waals surface area contributed by atoms with Gasteiger partial charge in [0, 0.05) is 11.9 Å². The molecular weight excluding hydrogens is 292 g/mol. The molecule has 2 aromatic carbocycles. The summed E-state index contributed by atoms with van der Waals surface area (Å²) in [5, 5.41) is 11.0. The third-order valence-electron chi connectivity index (χ3n) is 4.14. The van der Waals surface area contributed by atoms with E-state index in [-0.39, 0.29) is 0 Å². The predicted molar refractivity (Wildman–Crippen MR) is 91.4 cm³/mol. The summed E-state index contributed by atoms with van der Waals surface area (Å²) in [7, 11) is 0. The highest BCUT2D eigenvalue weighted by molar-refractivity contribution is 6.32. The number of aryl methyl sites for hydroxylation is 3. The van der Waals surface area contributed by atoms with Crippen LogP contribution >= 0.6 is 11.6 Å². The van der Waals surface area contributed by atoms with E-state index in [2.05, 4.69) is 44.2 Å². The average molecular weight is 309 g/mol. The Labute approximate surface area is 135 Å². The average Bonchev–Trinajstić information content (AvgIpc) is 2.74. The second kappa shape index (κ2) is 5.51. The molecule has 3 rings (SSSR count). The number of nitriles is 1. The molecule has 0 aliphatic rings. The number of hydrogen-bond acceptors (Lipinski definition) is 1. The normalized spacial score (nSPS) is 10.9. The molecule has 2 nitrogen and oxygen atoms in total. The minimum Gasteiger partial charge on any atom is -0.326 e. The van der Waals surface area contributed by atoms with Crippen LogP contribution in [-0.4, -0.2) is 4.57 Å². The summed E-state index contributed by atoms with van der Waals surface area (Å²) in [6.07, 6.45) is 0. The van der Waals surface area contributed by atoms with Crippen molar-refractivity contribution in [2.24, 2.45) is 0 Å². The fourth-order valence-corrected chi connectivity index (χ4v) is 3.33. The van der Waals surface area contributed by atoms with Gasteiger partial charge in [0.05, 0.1) is 11.1 Å². The maximum absolute atomic E-state index is 9.50. The van der Waals surface area contributed by atoms with Crippen molar-refractivity contribution in [3.05, 3.63) is 69.4 Å². The lowest BCUT2D eigenvalue weighted by Crippen LogP contribution is -2.01. The van der Waals surface area contributed by atoms with Crippen LogP contribution in [0.3, 0.4) is 0 Å². The molecule has 110 valence electrons. The van der Waals surface area contributed by atoms with E-state index < -0.39 is 0 Å². The number of halogens is 1. The first-order chi connectivity index (χ1) is 10.5. The second-order valence-electron chi connectivity index (χ2n) is 5.77. The first kappa shape index (κ1) is 14.7. The van der Waals surface area contributed by atoms with Gasteiger partial charge < -0.3 is 4.57 Å². The SMILES string of the molecule is Cc1cc(C)c2c(C#N)c(Cl)n(Cc3ccccc3C)c2c1. The summed E-state index contributed by atoms with van der Waals surface area (Å²) in [6, 6.07) is 14.7. The van der Waals surface area contributed by atoms with Crippen LogP contribution in [0.5, 0.6) is 0 Å². The molecule has 0 radical (unpaired) electrons. The number of benzene rings is 2. The molecular formula is C19H17ClN2. The molecule has 0 aliphatic heterocycles. The second-order valence-corrected chi connectivity index (χ2v) is 6.12. The standard InChI is InChI=1S/C19H17ClN2/c1-12-8-14(3)18-16(10-21)19(20)22(17(18)9-12)11-15-7-5-4-6-13(15)2/h4-9H,11H2,1-3H3. The van der Waals surface area contributed by atoms with Gasteiger partial charge >= 0.3 is 0 Å². The Bertz CT molecular complexity index is 913. The summed E-state index contributed by atoms with van der Waals surface area (Å²) < 4.78 is 2.04. The van der Waals surface area contributed by atoms with Crippen LogP contribution < -0.4 is 0 Å². The molecule has 3 heteroatoms. The van der Waals surface area contributed by atoms with Crippen molar-refractivity contribution >= 4 is 22.5 Å². The van der Waals surface area contributed by atoms with E-state index in [1.807, 2.05) is 23.6 Å². The van der Waals surface area contributed by atoms with E-state index in [1.165, 1.54) is 16.7 Å². The molecule has 1 aromatic heterocycles. The lowest BCUT2D eigenvalue weighted by atomic mass is 10.0. The van der Waals surface area contributed by atoms with Crippen LogP contribution in [-0.2, 0) is 6.54 Å². The number of nitrogens with zero attached hydrogens (tertiary/aromatic N) is 2. The summed E-state index contributed by atoms with van der Waals surface area (Å²) in [6.45, 7) is 6.87. The first-order valence-corrected chi connectivity index (χ1v) is 7.64. The van der Waals surface area contributed by atoms with Crippen LogP contribution in [0.4, 0.5) is 0 Å². The fraction of sp³-hybridized carbons (Fsp3) is 0.211. The van der Waals surface area contributed by atoms with Crippen molar-refractivity contribution in [2.45, 2.75) is 27.3 Å². The summed E-state index contributed by atoms with van der Waals surface area (Å²) in [5.41, 5.74) is 6.31. The molecule has 0 spiro atoms. The number of hydrogen-bond donors (Lipinski definition) is 0. The molecule has 0 atom stereocenters. The summed E-state index contributed by atoms with van der Waals surface area (Å²) >= 11 is 6.52. The molecule has 0 fully saturated rings. The fourth-order valence-electron chi connectivity index (χ4n) is 3.04. The Hall–Kier alpha value is -2.24. The zero-order valence-electron chi connectivity index (χ0n) is 12.9. The van der Waals surface area contributed by atoms with Gasteiger partial charge in [0.1, 0.15) is 11.2 Å². The number of rotatable bonds is 2. The molecule has 22 heavy (non-hydrogen) atoms. The monoisotopic (exact) mass is 308 g/mol. The zero-order chi connectivity index (χ0) is 15.9. The smallest absolute Gasteiger partial charge is 0.128 e. The summed E-state index contributed by atoms with van der Waals surface area (Å²) in [5.74, 6) is 0. The third-order valence-corrected chi connectivity index (χ3v) is 4.54. The van der Waals surface area contributed by atoms with Crippen LogP contribution in [0.1, 0.15) is 27.8 Å². The molecule has 0 saturated heterocycles. The highest BCUT2D eigenvalue weighted by Crippen LogP contribution is 2.33. The third kappa shape index (κ3) is 2.28. The van der Waals surface area contributed by atoms with Gasteiger partial charge in [-0.3, -0.25) is 0 Å². The highest BCUT2D eigenvalue weighted by Gasteiger charge is 2.18. The van der Waals surface area contributed by atoms with Gasteiger partial charge in [-0.25, -0.2) is 0 Å². The Morgan fingerprint density at radius 1 is 1.09 bits per heavy atom. The van der Waals surface area contributed by atoms with Crippen LogP contribution in [0.2, 0.25) is 5.15 Å². The largest absolute Gasteiger partial charge is 0.326 e. The van der Waals surface area contributed by atoms with Crippen molar-refractivity contribution in [1.29, 1.82) is 5.26 Å². The van der Waals surface area contributed by atoms with Crippen molar-refractivity contribution in [2.75, 3.05) is 0 Å².